The van der Waals surface area contributed by atoms with Crippen LogP contribution < -0.4 is 4.90 Å². The number of non-ortho nitro benzene ring substituents is 1. The van der Waals surface area contributed by atoms with Crippen molar-refractivity contribution in [2.75, 3.05) is 4.90 Å². The molecule has 150 valence electrons. The van der Waals surface area contributed by atoms with Crippen LogP contribution in [0.5, 0.6) is 0 Å². The minimum Gasteiger partial charge on any atom is -0.278 e. The molecule has 2 aromatic carbocycles. The first-order chi connectivity index (χ1) is 14.4. The number of amides is 1. The Bertz CT molecular complexity index is 1260. The van der Waals surface area contributed by atoms with Gasteiger partial charge < -0.3 is 0 Å². The zero-order valence-electron chi connectivity index (χ0n) is 15.2. The SMILES string of the molecule is O=C(c1ccc(F)cc1F)N(Cc1ccccn1)c1nc2ccc([N+](=O)[O-])cc2s1. The molecule has 1 amide bonds. The van der Waals surface area contributed by atoms with E-state index >= 15 is 0 Å². The number of hydrogen-bond donors (Lipinski definition) is 0. The number of pyridine rings is 1. The average Bonchev–Trinajstić information content (AvgIpc) is 3.15. The maximum atomic E-state index is 14.3. The highest BCUT2D eigenvalue weighted by molar-refractivity contribution is 7.22. The van der Waals surface area contributed by atoms with Gasteiger partial charge >= 0.3 is 0 Å². The predicted molar refractivity (Wildman–Crippen MR) is 107 cm³/mol. The second-order valence-electron chi connectivity index (χ2n) is 6.24. The first-order valence-electron chi connectivity index (χ1n) is 8.64. The Kier molecular flexibility index (Phi) is 5.15. The van der Waals surface area contributed by atoms with Crippen molar-refractivity contribution in [2.24, 2.45) is 0 Å². The third-order valence-corrected chi connectivity index (χ3v) is 5.30. The van der Waals surface area contributed by atoms with Crippen LogP contribution in [-0.4, -0.2) is 20.8 Å². The molecule has 0 spiro atoms. The third-order valence-electron chi connectivity index (χ3n) is 4.26. The molecule has 0 bridgehead atoms. The van der Waals surface area contributed by atoms with E-state index in [9.17, 15) is 23.7 Å². The first-order valence-corrected chi connectivity index (χ1v) is 9.46. The van der Waals surface area contributed by atoms with E-state index < -0.39 is 22.5 Å². The van der Waals surface area contributed by atoms with Crippen LogP contribution in [0, 0.1) is 21.7 Å². The molecule has 0 saturated carbocycles. The van der Waals surface area contributed by atoms with Crippen LogP contribution in [0.2, 0.25) is 0 Å². The molecule has 0 aliphatic carbocycles. The number of carbonyl (C=O) groups is 1. The summed E-state index contributed by atoms with van der Waals surface area (Å²) in [6, 6.07) is 12.0. The number of nitro groups is 1. The average molecular weight is 426 g/mol. The topological polar surface area (TPSA) is 89.2 Å². The zero-order valence-corrected chi connectivity index (χ0v) is 16.0. The van der Waals surface area contributed by atoms with E-state index in [2.05, 4.69) is 9.97 Å². The summed E-state index contributed by atoms with van der Waals surface area (Å²) in [7, 11) is 0. The van der Waals surface area contributed by atoms with Gasteiger partial charge in [0.15, 0.2) is 5.13 Å². The number of halogens is 2. The molecule has 0 aliphatic rings. The smallest absolute Gasteiger partial charge is 0.270 e. The van der Waals surface area contributed by atoms with E-state index in [0.29, 0.717) is 22.0 Å². The van der Waals surface area contributed by atoms with Gasteiger partial charge in [-0.05, 0) is 30.3 Å². The molecule has 4 rings (SSSR count). The van der Waals surface area contributed by atoms with Crippen LogP contribution in [0.1, 0.15) is 16.1 Å². The van der Waals surface area contributed by atoms with Crippen LogP contribution in [0.4, 0.5) is 19.6 Å². The van der Waals surface area contributed by atoms with Crippen LogP contribution in [0.3, 0.4) is 0 Å². The van der Waals surface area contributed by atoms with Gasteiger partial charge in [0.05, 0.1) is 32.9 Å². The van der Waals surface area contributed by atoms with Crippen molar-refractivity contribution >= 4 is 38.3 Å². The molecule has 0 saturated heterocycles. The van der Waals surface area contributed by atoms with Crippen molar-refractivity contribution in [3.8, 4) is 0 Å². The third kappa shape index (κ3) is 3.85. The first kappa shape index (κ1) is 19.5. The lowest BCUT2D eigenvalue weighted by molar-refractivity contribution is -0.384. The minimum atomic E-state index is -0.997. The Morgan fingerprint density at radius 2 is 1.97 bits per heavy atom. The lowest BCUT2D eigenvalue weighted by Gasteiger charge is -2.20. The lowest BCUT2D eigenvalue weighted by Crippen LogP contribution is -2.31. The number of benzene rings is 2. The monoisotopic (exact) mass is 426 g/mol. The molecule has 30 heavy (non-hydrogen) atoms. The number of fused-ring (bicyclic) bond motifs is 1. The summed E-state index contributed by atoms with van der Waals surface area (Å²) < 4.78 is 28.0. The van der Waals surface area contributed by atoms with Crippen molar-refractivity contribution in [1.82, 2.24) is 9.97 Å². The van der Waals surface area contributed by atoms with Crippen LogP contribution in [-0.2, 0) is 6.54 Å². The molecule has 7 nitrogen and oxygen atoms in total. The molecule has 2 aromatic heterocycles. The number of anilines is 1. The normalized spacial score (nSPS) is 10.9. The second-order valence-corrected chi connectivity index (χ2v) is 7.25. The summed E-state index contributed by atoms with van der Waals surface area (Å²) in [5.41, 5.74) is 0.556. The maximum absolute atomic E-state index is 14.3. The summed E-state index contributed by atoms with van der Waals surface area (Å²) in [6.07, 6.45) is 1.55. The van der Waals surface area contributed by atoms with Gasteiger partial charge in [-0.25, -0.2) is 13.8 Å². The number of nitro benzene ring substituents is 1. The second kappa shape index (κ2) is 7.91. The largest absolute Gasteiger partial charge is 0.278 e. The van der Waals surface area contributed by atoms with Crippen molar-refractivity contribution in [1.29, 1.82) is 0 Å². The molecular formula is C20H12F2N4O3S. The van der Waals surface area contributed by atoms with Gasteiger partial charge in [-0.3, -0.25) is 24.8 Å². The molecule has 0 unspecified atom stereocenters. The molecule has 2 heterocycles. The minimum absolute atomic E-state index is 0.0155. The number of rotatable bonds is 5. The molecular weight excluding hydrogens is 414 g/mol. The maximum Gasteiger partial charge on any atom is 0.270 e. The van der Waals surface area contributed by atoms with Crippen LogP contribution in [0.25, 0.3) is 10.2 Å². The summed E-state index contributed by atoms with van der Waals surface area (Å²) in [6.45, 7) is -0.0155. The highest BCUT2D eigenvalue weighted by Gasteiger charge is 2.25. The molecule has 10 heteroatoms. The van der Waals surface area contributed by atoms with Crippen molar-refractivity contribution in [2.45, 2.75) is 6.54 Å². The van der Waals surface area contributed by atoms with Crippen molar-refractivity contribution in [3.05, 3.63) is 93.8 Å². The molecule has 4 aromatic rings. The van der Waals surface area contributed by atoms with Gasteiger partial charge in [0.1, 0.15) is 11.6 Å². The molecule has 0 fully saturated rings. The summed E-state index contributed by atoms with van der Waals surface area (Å²) >= 11 is 1.05. The standard InChI is InChI=1S/C20H12F2N4O3S/c21-12-4-6-15(16(22)9-12)19(27)25(11-13-3-1-2-8-23-13)20-24-17-7-5-14(26(28)29)10-18(17)30-20/h1-10H,11H2. The quantitative estimate of drug-likeness (QED) is 0.340. The number of thiazole rings is 1. The molecule has 0 N–H and O–H groups in total. The van der Waals surface area contributed by atoms with E-state index in [4.69, 9.17) is 0 Å². The van der Waals surface area contributed by atoms with Crippen LogP contribution >= 0.6 is 11.3 Å². The molecule has 0 aliphatic heterocycles. The Hall–Kier alpha value is -3.79. The van der Waals surface area contributed by atoms with Gasteiger partial charge in [-0.2, -0.15) is 0 Å². The Morgan fingerprint density at radius 1 is 1.13 bits per heavy atom. The van der Waals surface area contributed by atoms with Gasteiger partial charge in [-0.15, -0.1) is 0 Å². The zero-order chi connectivity index (χ0) is 21.3. The Balaban J connectivity index is 1.79. The fraction of sp³-hybridized carbons (Fsp3) is 0.0500. The number of hydrogen-bond acceptors (Lipinski definition) is 6. The fourth-order valence-corrected chi connectivity index (χ4v) is 3.81. The summed E-state index contributed by atoms with van der Waals surface area (Å²) in [4.78, 5) is 33.4. The molecule has 0 radical (unpaired) electrons. The highest BCUT2D eigenvalue weighted by Crippen LogP contribution is 2.33. The highest BCUT2D eigenvalue weighted by atomic mass is 32.1. The number of aromatic nitrogens is 2. The van der Waals surface area contributed by atoms with Gasteiger partial charge in [0, 0.05) is 24.4 Å². The van der Waals surface area contributed by atoms with E-state index in [1.54, 1.807) is 24.4 Å². The van der Waals surface area contributed by atoms with Crippen molar-refractivity contribution in [3.63, 3.8) is 0 Å². The Morgan fingerprint density at radius 3 is 2.67 bits per heavy atom. The molecule has 0 atom stereocenters. The number of nitrogens with zero attached hydrogens (tertiary/aromatic N) is 4. The van der Waals surface area contributed by atoms with Crippen molar-refractivity contribution < 1.29 is 18.5 Å². The van der Waals surface area contributed by atoms with E-state index in [0.717, 1.165) is 23.5 Å². The summed E-state index contributed by atoms with van der Waals surface area (Å²) in [5.74, 6) is -2.53. The van der Waals surface area contributed by atoms with Crippen LogP contribution in [0.15, 0.2) is 60.8 Å². The fourth-order valence-electron chi connectivity index (χ4n) is 2.82. The summed E-state index contributed by atoms with van der Waals surface area (Å²) in [5, 5.41) is 11.2. The van der Waals surface area contributed by atoms with E-state index in [1.165, 1.54) is 23.1 Å². The van der Waals surface area contributed by atoms with E-state index in [1.807, 2.05) is 0 Å². The predicted octanol–water partition coefficient (Wildman–Crippen LogP) is 4.72. The Labute approximate surface area is 172 Å². The van der Waals surface area contributed by atoms with E-state index in [-0.39, 0.29) is 22.9 Å². The number of carbonyl (C=O) groups excluding carboxylic acids is 1. The van der Waals surface area contributed by atoms with Gasteiger partial charge in [-0.1, -0.05) is 17.4 Å². The lowest BCUT2D eigenvalue weighted by atomic mass is 10.1. The van der Waals surface area contributed by atoms with Gasteiger partial charge in [0.2, 0.25) is 0 Å². The van der Waals surface area contributed by atoms with Gasteiger partial charge in [0.25, 0.3) is 11.6 Å².